The summed E-state index contributed by atoms with van der Waals surface area (Å²) in [5, 5.41) is 3.62. The lowest BCUT2D eigenvalue weighted by atomic mass is 9.81. The number of rotatable bonds is 7. The van der Waals surface area contributed by atoms with Crippen LogP contribution in [0.3, 0.4) is 0 Å². The number of halogens is 1. The van der Waals surface area contributed by atoms with E-state index in [0.717, 1.165) is 56.4 Å². The highest BCUT2D eigenvalue weighted by atomic mass is 19.1. The summed E-state index contributed by atoms with van der Waals surface area (Å²) in [5.41, 5.74) is 0.961. The summed E-state index contributed by atoms with van der Waals surface area (Å²) in [5.74, 6) is 0.517. The van der Waals surface area contributed by atoms with Crippen LogP contribution in [0.4, 0.5) is 4.39 Å². The Morgan fingerprint density at radius 2 is 1.90 bits per heavy atom. The predicted molar refractivity (Wildman–Crippen MR) is 85.2 cm³/mol. The van der Waals surface area contributed by atoms with Crippen LogP contribution in [0.15, 0.2) is 18.2 Å². The van der Waals surface area contributed by atoms with Crippen LogP contribution in [-0.2, 0) is 0 Å². The third-order valence-corrected chi connectivity index (χ3v) is 4.31. The van der Waals surface area contributed by atoms with Gasteiger partial charge >= 0.3 is 0 Å². The second kappa shape index (κ2) is 7.26. The van der Waals surface area contributed by atoms with E-state index in [1.54, 1.807) is 6.07 Å². The van der Waals surface area contributed by atoms with Crippen molar-refractivity contribution in [1.29, 1.82) is 0 Å². The van der Waals surface area contributed by atoms with Crippen molar-refractivity contribution in [3.63, 3.8) is 0 Å². The Labute approximate surface area is 128 Å². The van der Waals surface area contributed by atoms with Gasteiger partial charge in [-0.3, -0.25) is 0 Å². The van der Waals surface area contributed by atoms with Crippen molar-refractivity contribution in [2.45, 2.75) is 70.9 Å². The molecule has 0 spiro atoms. The molecule has 1 aromatic carbocycles. The van der Waals surface area contributed by atoms with Gasteiger partial charge in [0, 0.05) is 24.1 Å². The molecule has 1 heterocycles. The summed E-state index contributed by atoms with van der Waals surface area (Å²) in [7, 11) is 0. The Hall–Kier alpha value is -1.09. The highest BCUT2D eigenvalue weighted by Crippen LogP contribution is 2.44. The standard InChI is InChI=1S/C18H28FNO/c1-4-9-18(10-5-2)13-16(20-11-6-3)15-8-7-14(19)12-17(15)21-18/h7-8,12,16,20H,4-6,9-11,13H2,1-3H3. The maximum atomic E-state index is 13.6. The zero-order valence-corrected chi connectivity index (χ0v) is 13.5. The molecule has 1 atom stereocenters. The van der Waals surface area contributed by atoms with Gasteiger partial charge in [-0.2, -0.15) is 0 Å². The first-order valence-corrected chi connectivity index (χ1v) is 8.36. The Balaban J connectivity index is 2.33. The van der Waals surface area contributed by atoms with Crippen LogP contribution in [0.25, 0.3) is 0 Å². The molecule has 1 aliphatic heterocycles. The van der Waals surface area contributed by atoms with E-state index in [1.165, 1.54) is 6.07 Å². The number of hydrogen-bond acceptors (Lipinski definition) is 2. The molecule has 0 amide bonds. The molecule has 1 aliphatic rings. The molecular weight excluding hydrogens is 265 g/mol. The van der Waals surface area contributed by atoms with Gasteiger partial charge in [-0.05, 0) is 31.9 Å². The van der Waals surface area contributed by atoms with Gasteiger partial charge in [0.2, 0.25) is 0 Å². The smallest absolute Gasteiger partial charge is 0.127 e. The van der Waals surface area contributed by atoms with E-state index in [0.29, 0.717) is 0 Å². The molecule has 0 radical (unpaired) electrons. The number of nitrogens with one attached hydrogen (secondary N) is 1. The van der Waals surface area contributed by atoms with Crippen molar-refractivity contribution in [1.82, 2.24) is 5.32 Å². The molecule has 2 rings (SSSR count). The lowest BCUT2D eigenvalue weighted by molar-refractivity contribution is 0.0126. The highest BCUT2D eigenvalue weighted by molar-refractivity contribution is 5.39. The van der Waals surface area contributed by atoms with E-state index in [1.807, 2.05) is 6.07 Å². The molecule has 21 heavy (non-hydrogen) atoms. The molecule has 0 fully saturated rings. The van der Waals surface area contributed by atoms with E-state index in [2.05, 4.69) is 26.1 Å². The third kappa shape index (κ3) is 3.76. The third-order valence-electron chi connectivity index (χ3n) is 4.31. The average molecular weight is 293 g/mol. The predicted octanol–water partition coefficient (Wildman–Crippen LogP) is 4.99. The second-order valence-corrected chi connectivity index (χ2v) is 6.18. The van der Waals surface area contributed by atoms with Crippen LogP contribution >= 0.6 is 0 Å². The maximum Gasteiger partial charge on any atom is 0.127 e. The van der Waals surface area contributed by atoms with Gasteiger partial charge in [0.15, 0.2) is 0 Å². The number of ether oxygens (including phenoxy) is 1. The van der Waals surface area contributed by atoms with Crippen molar-refractivity contribution in [3.8, 4) is 5.75 Å². The quantitative estimate of drug-likeness (QED) is 0.765. The maximum absolute atomic E-state index is 13.6. The summed E-state index contributed by atoms with van der Waals surface area (Å²) < 4.78 is 19.9. The van der Waals surface area contributed by atoms with Gasteiger partial charge < -0.3 is 10.1 Å². The van der Waals surface area contributed by atoms with Crippen molar-refractivity contribution in [2.75, 3.05) is 6.54 Å². The number of fused-ring (bicyclic) bond motifs is 1. The Bertz CT molecular complexity index is 455. The summed E-state index contributed by atoms with van der Waals surface area (Å²) in [6, 6.07) is 5.23. The molecule has 1 unspecified atom stereocenters. The molecule has 0 bridgehead atoms. The Morgan fingerprint density at radius 1 is 1.19 bits per heavy atom. The summed E-state index contributed by atoms with van der Waals surface area (Å²) in [6.07, 6.45) is 6.31. The fourth-order valence-electron chi connectivity index (χ4n) is 3.48. The van der Waals surface area contributed by atoms with Crippen molar-refractivity contribution < 1.29 is 9.13 Å². The van der Waals surface area contributed by atoms with Crippen LogP contribution in [0.1, 0.15) is 70.9 Å². The minimum Gasteiger partial charge on any atom is -0.487 e. The van der Waals surface area contributed by atoms with Crippen molar-refractivity contribution >= 4 is 0 Å². The van der Waals surface area contributed by atoms with E-state index in [4.69, 9.17) is 4.74 Å². The van der Waals surface area contributed by atoms with Crippen LogP contribution in [-0.4, -0.2) is 12.1 Å². The highest BCUT2D eigenvalue weighted by Gasteiger charge is 2.39. The second-order valence-electron chi connectivity index (χ2n) is 6.18. The molecule has 0 aromatic heterocycles. The van der Waals surface area contributed by atoms with Gasteiger partial charge in [0.25, 0.3) is 0 Å². The normalized spacial score (nSPS) is 19.9. The molecule has 0 saturated carbocycles. The van der Waals surface area contributed by atoms with Crippen LogP contribution < -0.4 is 10.1 Å². The van der Waals surface area contributed by atoms with E-state index in [-0.39, 0.29) is 17.5 Å². The number of benzene rings is 1. The van der Waals surface area contributed by atoms with Gasteiger partial charge in [-0.1, -0.05) is 39.7 Å². The van der Waals surface area contributed by atoms with Crippen LogP contribution in [0, 0.1) is 5.82 Å². The Kier molecular flexibility index (Phi) is 5.63. The minimum absolute atomic E-state index is 0.143. The molecule has 1 N–H and O–H groups in total. The molecule has 3 heteroatoms. The Morgan fingerprint density at radius 3 is 2.52 bits per heavy atom. The van der Waals surface area contributed by atoms with E-state index in [9.17, 15) is 4.39 Å². The van der Waals surface area contributed by atoms with E-state index < -0.39 is 0 Å². The van der Waals surface area contributed by atoms with Crippen molar-refractivity contribution in [2.24, 2.45) is 0 Å². The minimum atomic E-state index is -0.216. The average Bonchev–Trinajstić information content (AvgIpc) is 2.44. The first kappa shape index (κ1) is 16.3. The summed E-state index contributed by atoms with van der Waals surface area (Å²) in [6.45, 7) is 7.53. The molecule has 1 aromatic rings. The van der Waals surface area contributed by atoms with Crippen LogP contribution in [0.5, 0.6) is 5.75 Å². The van der Waals surface area contributed by atoms with Gasteiger partial charge in [0.1, 0.15) is 17.2 Å². The lowest BCUT2D eigenvalue weighted by Gasteiger charge is -2.43. The molecule has 2 nitrogen and oxygen atoms in total. The molecule has 118 valence electrons. The molecular formula is C18H28FNO. The fraction of sp³-hybridized carbons (Fsp3) is 0.667. The first-order valence-electron chi connectivity index (χ1n) is 8.36. The lowest BCUT2D eigenvalue weighted by Crippen LogP contribution is -2.44. The zero-order valence-electron chi connectivity index (χ0n) is 13.5. The van der Waals surface area contributed by atoms with Crippen LogP contribution in [0.2, 0.25) is 0 Å². The molecule has 0 saturated heterocycles. The first-order chi connectivity index (χ1) is 10.1. The summed E-state index contributed by atoms with van der Waals surface area (Å²) >= 11 is 0. The molecule has 0 aliphatic carbocycles. The van der Waals surface area contributed by atoms with Gasteiger partial charge in [-0.25, -0.2) is 4.39 Å². The van der Waals surface area contributed by atoms with E-state index >= 15 is 0 Å². The van der Waals surface area contributed by atoms with Gasteiger partial charge in [0.05, 0.1) is 0 Å². The fourth-order valence-corrected chi connectivity index (χ4v) is 3.48. The monoisotopic (exact) mass is 293 g/mol. The topological polar surface area (TPSA) is 21.3 Å². The SMILES string of the molecule is CCCNC1CC(CCC)(CCC)Oc2cc(F)ccc21. The zero-order chi connectivity index (χ0) is 15.3. The largest absolute Gasteiger partial charge is 0.487 e. The van der Waals surface area contributed by atoms with Crippen molar-refractivity contribution in [3.05, 3.63) is 29.6 Å². The van der Waals surface area contributed by atoms with Gasteiger partial charge in [-0.15, -0.1) is 0 Å². The number of hydrogen-bond donors (Lipinski definition) is 1. The summed E-state index contributed by atoms with van der Waals surface area (Å²) in [4.78, 5) is 0.